The maximum atomic E-state index is 6.06. The van der Waals surface area contributed by atoms with Crippen LogP contribution in [-0.2, 0) is 0 Å². The fraction of sp³-hybridized carbons (Fsp3) is 0.385. The van der Waals surface area contributed by atoms with Crippen LogP contribution in [-0.4, -0.2) is 0 Å². The van der Waals surface area contributed by atoms with Crippen LogP contribution in [0.15, 0.2) is 22.6 Å². The lowest BCUT2D eigenvalue weighted by atomic mass is 10.1. The molecule has 0 spiro atoms. The second-order valence-corrected chi connectivity index (χ2v) is 4.59. The van der Waals surface area contributed by atoms with E-state index < -0.39 is 0 Å². The number of furan rings is 1. The Bertz CT molecular complexity index is 465. The van der Waals surface area contributed by atoms with Crippen LogP contribution in [0, 0.1) is 6.92 Å². The summed E-state index contributed by atoms with van der Waals surface area (Å²) in [6.45, 7) is 4.08. The Balaban J connectivity index is 2.43. The second kappa shape index (κ2) is 4.48. The predicted molar refractivity (Wildman–Crippen MR) is 67.8 cm³/mol. The van der Waals surface area contributed by atoms with Crippen molar-refractivity contribution in [2.45, 2.75) is 32.7 Å². The van der Waals surface area contributed by atoms with Gasteiger partial charge < -0.3 is 10.2 Å². The Labute approximate surface area is 100 Å². The third-order valence-electron chi connectivity index (χ3n) is 2.78. The van der Waals surface area contributed by atoms with Gasteiger partial charge in [-0.3, -0.25) is 0 Å². The van der Waals surface area contributed by atoms with Crippen LogP contribution in [0.4, 0.5) is 0 Å². The van der Waals surface area contributed by atoms with E-state index in [4.69, 9.17) is 21.8 Å². The predicted octanol–water partition coefficient (Wildman–Crippen LogP) is 4.19. The molecule has 0 bridgehead atoms. The van der Waals surface area contributed by atoms with Crippen LogP contribution in [0.2, 0.25) is 5.02 Å². The number of benzene rings is 1. The zero-order chi connectivity index (χ0) is 11.7. The number of fused-ring (bicyclic) bond motifs is 1. The molecule has 2 rings (SSSR count). The van der Waals surface area contributed by atoms with Gasteiger partial charge in [-0.15, -0.1) is 0 Å². The molecule has 2 aromatic rings. The Hall–Kier alpha value is -0.990. The Morgan fingerprint density at radius 2 is 2.12 bits per heavy atom. The standard InChI is InChI=1S/C13H16ClNO/c1-3-4-11(15)13-7-9-6-10(14)8(2)5-12(9)16-13/h5-7,11H,3-4,15H2,1-2H3/t11-/m1/s1. The molecule has 86 valence electrons. The molecule has 1 atom stereocenters. The summed E-state index contributed by atoms with van der Waals surface area (Å²) in [6, 6.07) is 5.86. The van der Waals surface area contributed by atoms with Gasteiger partial charge in [0.15, 0.2) is 0 Å². The summed E-state index contributed by atoms with van der Waals surface area (Å²) in [7, 11) is 0. The Kier molecular flexibility index (Phi) is 3.22. The van der Waals surface area contributed by atoms with E-state index in [-0.39, 0.29) is 6.04 Å². The van der Waals surface area contributed by atoms with E-state index in [0.717, 1.165) is 40.2 Å². The summed E-state index contributed by atoms with van der Waals surface area (Å²) < 4.78 is 5.73. The molecule has 0 radical (unpaired) electrons. The molecule has 0 aliphatic heterocycles. The molecule has 0 amide bonds. The normalized spacial score (nSPS) is 13.2. The summed E-state index contributed by atoms with van der Waals surface area (Å²) in [5, 5.41) is 1.79. The first-order valence-corrected chi connectivity index (χ1v) is 5.94. The molecular formula is C13H16ClNO. The first-order chi connectivity index (χ1) is 7.61. The van der Waals surface area contributed by atoms with Crippen LogP contribution in [0.25, 0.3) is 11.0 Å². The van der Waals surface area contributed by atoms with Gasteiger partial charge >= 0.3 is 0 Å². The molecule has 1 aromatic heterocycles. The summed E-state index contributed by atoms with van der Waals surface area (Å²) in [5.74, 6) is 0.846. The topological polar surface area (TPSA) is 39.2 Å². The van der Waals surface area contributed by atoms with Gasteiger partial charge in [-0.2, -0.15) is 0 Å². The minimum atomic E-state index is -0.0171. The van der Waals surface area contributed by atoms with E-state index >= 15 is 0 Å². The highest BCUT2D eigenvalue weighted by Crippen LogP contribution is 2.29. The molecule has 16 heavy (non-hydrogen) atoms. The third-order valence-corrected chi connectivity index (χ3v) is 3.19. The lowest BCUT2D eigenvalue weighted by Crippen LogP contribution is -2.08. The molecule has 0 saturated heterocycles. The maximum Gasteiger partial charge on any atom is 0.134 e. The van der Waals surface area contributed by atoms with Crippen molar-refractivity contribution in [3.05, 3.63) is 34.5 Å². The maximum absolute atomic E-state index is 6.06. The quantitative estimate of drug-likeness (QED) is 0.869. The SMILES string of the molecule is CCC[C@@H](N)c1cc2cc(Cl)c(C)cc2o1. The van der Waals surface area contributed by atoms with Crippen molar-refractivity contribution < 1.29 is 4.42 Å². The average Bonchev–Trinajstić information content (AvgIpc) is 2.62. The smallest absolute Gasteiger partial charge is 0.134 e. The van der Waals surface area contributed by atoms with Crippen molar-refractivity contribution in [3.63, 3.8) is 0 Å². The van der Waals surface area contributed by atoms with Crippen molar-refractivity contribution in [1.29, 1.82) is 0 Å². The molecule has 2 N–H and O–H groups in total. The molecule has 0 unspecified atom stereocenters. The first-order valence-electron chi connectivity index (χ1n) is 5.57. The van der Waals surface area contributed by atoms with Crippen molar-refractivity contribution >= 4 is 22.6 Å². The van der Waals surface area contributed by atoms with Gasteiger partial charge in [0.05, 0.1) is 6.04 Å². The molecule has 3 heteroatoms. The lowest BCUT2D eigenvalue weighted by molar-refractivity contribution is 0.475. The fourth-order valence-corrected chi connectivity index (χ4v) is 1.99. The minimum Gasteiger partial charge on any atom is -0.459 e. The van der Waals surface area contributed by atoms with Gasteiger partial charge in [0, 0.05) is 10.4 Å². The highest BCUT2D eigenvalue weighted by molar-refractivity contribution is 6.32. The Morgan fingerprint density at radius 1 is 1.38 bits per heavy atom. The molecule has 0 fully saturated rings. The van der Waals surface area contributed by atoms with Gasteiger partial charge in [0.25, 0.3) is 0 Å². The van der Waals surface area contributed by atoms with Gasteiger partial charge in [-0.05, 0) is 37.1 Å². The minimum absolute atomic E-state index is 0.0171. The van der Waals surface area contributed by atoms with Crippen molar-refractivity contribution in [2.24, 2.45) is 5.73 Å². The number of hydrogen-bond acceptors (Lipinski definition) is 2. The van der Waals surface area contributed by atoms with Crippen LogP contribution in [0.1, 0.15) is 37.1 Å². The van der Waals surface area contributed by atoms with Crippen molar-refractivity contribution in [1.82, 2.24) is 0 Å². The highest BCUT2D eigenvalue weighted by Gasteiger charge is 2.12. The molecular weight excluding hydrogens is 222 g/mol. The molecule has 0 aliphatic carbocycles. The first kappa shape index (κ1) is 11.5. The van der Waals surface area contributed by atoms with Gasteiger partial charge in [-0.1, -0.05) is 24.9 Å². The van der Waals surface area contributed by atoms with Gasteiger partial charge in [0.1, 0.15) is 11.3 Å². The van der Waals surface area contributed by atoms with E-state index in [2.05, 4.69) is 6.92 Å². The van der Waals surface area contributed by atoms with E-state index in [9.17, 15) is 0 Å². The largest absolute Gasteiger partial charge is 0.459 e. The Morgan fingerprint density at radius 3 is 2.81 bits per heavy atom. The summed E-state index contributed by atoms with van der Waals surface area (Å²) in [6.07, 6.45) is 1.99. The number of hydrogen-bond donors (Lipinski definition) is 1. The highest BCUT2D eigenvalue weighted by atomic mass is 35.5. The van der Waals surface area contributed by atoms with E-state index in [0.29, 0.717) is 0 Å². The molecule has 0 aliphatic rings. The fourth-order valence-electron chi connectivity index (χ4n) is 1.82. The monoisotopic (exact) mass is 237 g/mol. The average molecular weight is 238 g/mol. The van der Waals surface area contributed by atoms with Crippen LogP contribution in [0.5, 0.6) is 0 Å². The van der Waals surface area contributed by atoms with Gasteiger partial charge in [0.2, 0.25) is 0 Å². The number of nitrogens with two attached hydrogens (primary N) is 1. The summed E-state index contributed by atoms with van der Waals surface area (Å²) in [5.41, 5.74) is 7.91. The van der Waals surface area contributed by atoms with Gasteiger partial charge in [-0.25, -0.2) is 0 Å². The van der Waals surface area contributed by atoms with Crippen LogP contribution >= 0.6 is 11.6 Å². The molecule has 2 nitrogen and oxygen atoms in total. The summed E-state index contributed by atoms with van der Waals surface area (Å²) >= 11 is 6.06. The molecule has 0 saturated carbocycles. The van der Waals surface area contributed by atoms with Crippen molar-refractivity contribution in [3.8, 4) is 0 Å². The zero-order valence-electron chi connectivity index (χ0n) is 9.59. The third kappa shape index (κ3) is 2.08. The van der Waals surface area contributed by atoms with E-state index in [1.54, 1.807) is 0 Å². The number of aryl methyl sites for hydroxylation is 1. The zero-order valence-corrected chi connectivity index (χ0v) is 10.3. The second-order valence-electron chi connectivity index (χ2n) is 4.18. The summed E-state index contributed by atoms with van der Waals surface area (Å²) in [4.78, 5) is 0. The molecule has 1 heterocycles. The molecule has 1 aromatic carbocycles. The van der Waals surface area contributed by atoms with Crippen LogP contribution < -0.4 is 5.73 Å². The van der Waals surface area contributed by atoms with Crippen molar-refractivity contribution in [2.75, 3.05) is 0 Å². The van der Waals surface area contributed by atoms with E-state index in [1.807, 2.05) is 25.1 Å². The lowest BCUT2D eigenvalue weighted by Gasteiger charge is -2.04. The number of rotatable bonds is 3. The number of halogens is 1. The van der Waals surface area contributed by atoms with Crippen LogP contribution in [0.3, 0.4) is 0 Å². The van der Waals surface area contributed by atoms with E-state index in [1.165, 1.54) is 0 Å².